The number of rotatable bonds is 5. The monoisotopic (exact) mass is 397 g/mol. The lowest BCUT2D eigenvalue weighted by atomic mass is 9.53. The van der Waals surface area contributed by atoms with Gasteiger partial charge in [0.2, 0.25) is 0 Å². The summed E-state index contributed by atoms with van der Waals surface area (Å²) in [6.45, 7) is 0.274. The van der Waals surface area contributed by atoms with E-state index >= 15 is 0 Å². The zero-order valence-corrected chi connectivity index (χ0v) is 16.6. The number of urea groups is 1. The standard InChI is InChI=1S/C21H27N5O3/c1-26-18(19(27)22-11-16-3-2-4-29-16)17(12-23-26)24-20(28)25-21-8-13-5-14(9-21)7-15(6-13)10-21/h2-4,12-15H,5-11H2,1H3,(H,22,27)(H2,24,25,28). The van der Waals surface area contributed by atoms with E-state index in [1.165, 1.54) is 30.1 Å². The molecule has 8 heteroatoms. The van der Waals surface area contributed by atoms with Gasteiger partial charge < -0.3 is 20.4 Å². The van der Waals surface area contributed by atoms with Crippen molar-refractivity contribution in [2.24, 2.45) is 24.8 Å². The fourth-order valence-corrected chi connectivity index (χ4v) is 6.12. The summed E-state index contributed by atoms with van der Waals surface area (Å²) >= 11 is 0. The van der Waals surface area contributed by atoms with Crippen LogP contribution in [0.3, 0.4) is 0 Å². The molecule has 0 saturated heterocycles. The molecule has 4 saturated carbocycles. The van der Waals surface area contributed by atoms with E-state index in [0.29, 0.717) is 17.1 Å². The zero-order chi connectivity index (χ0) is 20.0. The molecular weight excluding hydrogens is 370 g/mol. The average molecular weight is 397 g/mol. The molecule has 0 aliphatic heterocycles. The van der Waals surface area contributed by atoms with Crippen LogP contribution in [0.2, 0.25) is 0 Å². The van der Waals surface area contributed by atoms with Crippen LogP contribution in [0.1, 0.15) is 54.8 Å². The molecule has 154 valence electrons. The highest BCUT2D eigenvalue weighted by atomic mass is 16.3. The van der Waals surface area contributed by atoms with Gasteiger partial charge in [-0.2, -0.15) is 5.10 Å². The second-order valence-corrected chi connectivity index (χ2v) is 9.07. The Morgan fingerprint density at radius 2 is 1.90 bits per heavy atom. The molecule has 0 unspecified atom stereocenters. The van der Waals surface area contributed by atoms with E-state index in [1.54, 1.807) is 25.4 Å². The normalized spacial score (nSPS) is 29.6. The Labute approximate surface area is 169 Å². The third kappa shape index (κ3) is 3.52. The Balaban J connectivity index is 1.25. The molecule has 6 rings (SSSR count). The molecule has 3 N–H and O–H groups in total. The number of hydrogen-bond acceptors (Lipinski definition) is 4. The molecule has 0 atom stereocenters. The quantitative estimate of drug-likeness (QED) is 0.722. The first-order valence-electron chi connectivity index (χ1n) is 10.4. The van der Waals surface area contributed by atoms with Crippen LogP contribution in [0.25, 0.3) is 0 Å². The number of nitrogens with zero attached hydrogens (tertiary/aromatic N) is 2. The molecule has 4 fully saturated rings. The van der Waals surface area contributed by atoms with Crippen molar-refractivity contribution in [2.75, 3.05) is 5.32 Å². The summed E-state index contributed by atoms with van der Waals surface area (Å²) in [6.07, 6.45) is 10.3. The highest BCUT2D eigenvalue weighted by Gasteiger charge is 2.51. The van der Waals surface area contributed by atoms with Gasteiger partial charge in [-0.15, -0.1) is 0 Å². The second kappa shape index (κ2) is 6.93. The van der Waals surface area contributed by atoms with Crippen LogP contribution >= 0.6 is 0 Å². The largest absolute Gasteiger partial charge is 0.467 e. The summed E-state index contributed by atoms with van der Waals surface area (Å²) in [5.74, 6) is 2.61. The van der Waals surface area contributed by atoms with Crippen molar-refractivity contribution in [1.82, 2.24) is 20.4 Å². The van der Waals surface area contributed by atoms with E-state index in [4.69, 9.17) is 4.42 Å². The van der Waals surface area contributed by atoms with Gasteiger partial charge in [0.1, 0.15) is 11.5 Å². The van der Waals surface area contributed by atoms with E-state index in [2.05, 4.69) is 21.0 Å². The molecule has 4 bridgehead atoms. The topological polar surface area (TPSA) is 101 Å². The summed E-state index contributed by atoms with van der Waals surface area (Å²) in [6, 6.07) is 3.31. The molecule has 2 aromatic rings. The van der Waals surface area contributed by atoms with Crippen molar-refractivity contribution in [3.05, 3.63) is 36.0 Å². The number of aromatic nitrogens is 2. The fraction of sp³-hybridized carbons (Fsp3) is 0.571. The molecule has 2 heterocycles. The van der Waals surface area contributed by atoms with Crippen molar-refractivity contribution in [1.29, 1.82) is 0 Å². The Bertz CT molecular complexity index is 882. The summed E-state index contributed by atoms with van der Waals surface area (Å²) in [5, 5.41) is 13.1. The number of amides is 3. The Morgan fingerprint density at radius 1 is 1.21 bits per heavy atom. The van der Waals surface area contributed by atoms with Gasteiger partial charge in [0.05, 0.1) is 24.7 Å². The Kier molecular flexibility index (Phi) is 4.37. The van der Waals surface area contributed by atoms with Gasteiger partial charge in [-0.05, 0) is 68.4 Å². The molecule has 8 nitrogen and oxygen atoms in total. The number of aryl methyl sites for hydroxylation is 1. The molecule has 3 amide bonds. The maximum absolute atomic E-state index is 12.8. The van der Waals surface area contributed by atoms with Crippen molar-refractivity contribution in [2.45, 2.75) is 50.6 Å². The Hall–Kier alpha value is -2.77. The number of furan rings is 1. The first-order chi connectivity index (χ1) is 14.0. The van der Waals surface area contributed by atoms with Crippen LogP contribution in [-0.2, 0) is 13.6 Å². The first-order valence-corrected chi connectivity index (χ1v) is 10.4. The average Bonchev–Trinajstić information content (AvgIpc) is 3.28. The van der Waals surface area contributed by atoms with Gasteiger partial charge in [0.25, 0.3) is 5.91 Å². The lowest BCUT2D eigenvalue weighted by Gasteiger charge is -2.56. The van der Waals surface area contributed by atoms with Crippen molar-refractivity contribution >= 4 is 17.6 Å². The number of carbonyl (C=O) groups excluding carboxylic acids is 2. The molecular formula is C21H27N5O3. The van der Waals surface area contributed by atoms with Crippen molar-refractivity contribution < 1.29 is 14.0 Å². The fourth-order valence-electron chi connectivity index (χ4n) is 6.12. The van der Waals surface area contributed by atoms with Gasteiger partial charge >= 0.3 is 6.03 Å². The van der Waals surface area contributed by atoms with Crippen LogP contribution in [0.15, 0.2) is 29.0 Å². The number of hydrogen-bond donors (Lipinski definition) is 3. The van der Waals surface area contributed by atoms with Crippen LogP contribution in [0.5, 0.6) is 0 Å². The molecule has 2 aromatic heterocycles. The minimum Gasteiger partial charge on any atom is -0.467 e. The first kappa shape index (κ1) is 18.3. The van der Waals surface area contributed by atoms with Crippen LogP contribution < -0.4 is 16.0 Å². The van der Waals surface area contributed by atoms with Crippen molar-refractivity contribution in [3.8, 4) is 0 Å². The Morgan fingerprint density at radius 3 is 2.52 bits per heavy atom. The number of anilines is 1. The van der Waals surface area contributed by atoms with Gasteiger partial charge in [0.15, 0.2) is 0 Å². The second-order valence-electron chi connectivity index (χ2n) is 9.07. The maximum Gasteiger partial charge on any atom is 0.319 e. The molecule has 4 aliphatic rings. The van der Waals surface area contributed by atoms with Gasteiger partial charge in [-0.3, -0.25) is 9.48 Å². The maximum atomic E-state index is 12.8. The number of carbonyl (C=O) groups is 2. The predicted molar refractivity (Wildman–Crippen MR) is 106 cm³/mol. The smallest absolute Gasteiger partial charge is 0.319 e. The minimum absolute atomic E-state index is 0.0806. The highest BCUT2D eigenvalue weighted by Crippen LogP contribution is 2.55. The highest BCUT2D eigenvalue weighted by molar-refractivity contribution is 6.02. The van der Waals surface area contributed by atoms with E-state index in [1.807, 2.05) is 0 Å². The van der Waals surface area contributed by atoms with Crippen LogP contribution in [0.4, 0.5) is 10.5 Å². The van der Waals surface area contributed by atoms with Gasteiger partial charge in [0, 0.05) is 12.6 Å². The molecule has 0 radical (unpaired) electrons. The van der Waals surface area contributed by atoms with E-state index in [-0.39, 0.29) is 24.0 Å². The van der Waals surface area contributed by atoms with Crippen LogP contribution in [-0.4, -0.2) is 27.3 Å². The summed E-state index contributed by atoms with van der Waals surface area (Å²) < 4.78 is 6.71. The lowest BCUT2D eigenvalue weighted by molar-refractivity contribution is -0.0127. The van der Waals surface area contributed by atoms with E-state index in [0.717, 1.165) is 37.0 Å². The van der Waals surface area contributed by atoms with E-state index in [9.17, 15) is 9.59 Å². The van der Waals surface area contributed by atoms with Gasteiger partial charge in [-0.1, -0.05) is 0 Å². The number of nitrogens with one attached hydrogen (secondary N) is 3. The summed E-state index contributed by atoms with van der Waals surface area (Å²) in [7, 11) is 1.68. The summed E-state index contributed by atoms with van der Waals surface area (Å²) in [4.78, 5) is 25.5. The zero-order valence-electron chi connectivity index (χ0n) is 16.6. The third-order valence-electron chi connectivity index (χ3n) is 6.82. The molecule has 0 aromatic carbocycles. The van der Waals surface area contributed by atoms with E-state index < -0.39 is 0 Å². The SMILES string of the molecule is Cn1ncc(NC(=O)NC23CC4CC(CC(C4)C2)C3)c1C(=O)NCc1ccco1. The van der Waals surface area contributed by atoms with Crippen molar-refractivity contribution in [3.63, 3.8) is 0 Å². The van der Waals surface area contributed by atoms with Gasteiger partial charge in [-0.25, -0.2) is 4.79 Å². The molecule has 4 aliphatic carbocycles. The predicted octanol–water partition coefficient (Wildman–Crippen LogP) is 3.03. The minimum atomic E-state index is -0.313. The summed E-state index contributed by atoms with van der Waals surface area (Å²) in [5.41, 5.74) is 0.645. The molecule has 0 spiro atoms. The third-order valence-corrected chi connectivity index (χ3v) is 6.82. The molecule has 29 heavy (non-hydrogen) atoms. The lowest BCUT2D eigenvalue weighted by Crippen LogP contribution is -2.60. The van der Waals surface area contributed by atoms with Crippen LogP contribution in [0, 0.1) is 17.8 Å².